The monoisotopic (exact) mass is 233 g/mol. The summed E-state index contributed by atoms with van der Waals surface area (Å²) < 4.78 is 5.07. The average molecular weight is 233 g/mol. The minimum Gasteiger partial charge on any atom is -0.481 e. The van der Waals surface area contributed by atoms with Crippen LogP contribution in [0.2, 0.25) is 0 Å². The van der Waals surface area contributed by atoms with Gasteiger partial charge in [0.05, 0.1) is 7.11 Å². The van der Waals surface area contributed by atoms with Crippen LogP contribution in [0.4, 0.5) is 0 Å². The zero-order chi connectivity index (χ0) is 11.7. The van der Waals surface area contributed by atoms with E-state index < -0.39 is 0 Å². The Balaban J connectivity index is 1.59. The molecular formula is C13H19N3O. The van der Waals surface area contributed by atoms with Crippen molar-refractivity contribution < 1.29 is 4.74 Å². The van der Waals surface area contributed by atoms with Crippen molar-refractivity contribution in [2.45, 2.75) is 6.54 Å². The molecule has 1 N–H and O–H groups in total. The molecule has 3 rings (SSSR count). The minimum atomic E-state index is 0.691. The van der Waals surface area contributed by atoms with E-state index in [2.05, 4.69) is 21.3 Å². The van der Waals surface area contributed by atoms with Gasteiger partial charge in [0.25, 0.3) is 0 Å². The van der Waals surface area contributed by atoms with Gasteiger partial charge in [-0.05, 0) is 30.5 Å². The first-order chi connectivity index (χ1) is 8.35. The lowest BCUT2D eigenvalue weighted by atomic mass is 10.0. The SMILES string of the molecule is COc1ccc(CN2C[C@H]3CNC[C@H]3C2)cn1. The quantitative estimate of drug-likeness (QED) is 0.835. The zero-order valence-corrected chi connectivity index (χ0v) is 10.2. The van der Waals surface area contributed by atoms with Crippen molar-refractivity contribution in [2.24, 2.45) is 11.8 Å². The standard InChI is InChI=1S/C13H19N3O/c1-17-13-3-2-10(4-15-13)7-16-8-11-5-14-6-12(11)9-16/h2-4,11-12,14H,5-9H2,1H3/t11-,12+. The van der Waals surface area contributed by atoms with Crippen molar-refractivity contribution in [2.75, 3.05) is 33.3 Å². The average Bonchev–Trinajstić information content (AvgIpc) is 2.90. The van der Waals surface area contributed by atoms with Crippen molar-refractivity contribution in [1.29, 1.82) is 0 Å². The maximum absolute atomic E-state index is 5.07. The maximum atomic E-state index is 5.07. The number of rotatable bonds is 3. The van der Waals surface area contributed by atoms with Crippen molar-refractivity contribution in [3.8, 4) is 5.88 Å². The van der Waals surface area contributed by atoms with Crippen molar-refractivity contribution in [3.63, 3.8) is 0 Å². The molecule has 4 heteroatoms. The van der Waals surface area contributed by atoms with Gasteiger partial charge in [-0.3, -0.25) is 4.90 Å². The molecule has 0 spiro atoms. The first-order valence-corrected chi connectivity index (χ1v) is 6.27. The number of aromatic nitrogens is 1. The Morgan fingerprint density at radius 3 is 2.71 bits per heavy atom. The summed E-state index contributed by atoms with van der Waals surface area (Å²) in [5.41, 5.74) is 1.28. The van der Waals surface area contributed by atoms with Gasteiger partial charge in [0, 0.05) is 31.9 Å². The Labute approximate surface area is 102 Å². The Morgan fingerprint density at radius 1 is 1.35 bits per heavy atom. The van der Waals surface area contributed by atoms with Crippen LogP contribution in [0.1, 0.15) is 5.56 Å². The van der Waals surface area contributed by atoms with Crippen LogP contribution >= 0.6 is 0 Å². The molecule has 0 bridgehead atoms. The molecule has 0 saturated carbocycles. The van der Waals surface area contributed by atoms with Crippen molar-refractivity contribution in [3.05, 3.63) is 23.9 Å². The van der Waals surface area contributed by atoms with E-state index in [4.69, 9.17) is 4.74 Å². The molecule has 1 aromatic rings. The molecular weight excluding hydrogens is 214 g/mol. The Hall–Kier alpha value is -1.13. The highest BCUT2D eigenvalue weighted by Gasteiger charge is 2.35. The van der Waals surface area contributed by atoms with Crippen LogP contribution < -0.4 is 10.1 Å². The Bertz CT molecular complexity index is 367. The van der Waals surface area contributed by atoms with Crippen LogP contribution in [0.3, 0.4) is 0 Å². The summed E-state index contributed by atoms with van der Waals surface area (Å²) >= 11 is 0. The van der Waals surface area contributed by atoms with Gasteiger partial charge in [-0.2, -0.15) is 0 Å². The number of ether oxygens (including phenoxy) is 1. The van der Waals surface area contributed by atoms with Crippen LogP contribution in [0, 0.1) is 11.8 Å². The van der Waals surface area contributed by atoms with Gasteiger partial charge < -0.3 is 10.1 Å². The van der Waals surface area contributed by atoms with E-state index >= 15 is 0 Å². The minimum absolute atomic E-state index is 0.691. The second-order valence-corrected chi connectivity index (χ2v) is 5.08. The third kappa shape index (κ3) is 2.28. The Kier molecular flexibility index (Phi) is 2.99. The van der Waals surface area contributed by atoms with Gasteiger partial charge in [-0.25, -0.2) is 4.98 Å². The normalized spacial score (nSPS) is 28.3. The highest BCUT2D eigenvalue weighted by molar-refractivity contribution is 5.17. The summed E-state index contributed by atoms with van der Waals surface area (Å²) in [5, 5.41) is 3.47. The lowest BCUT2D eigenvalue weighted by Gasteiger charge is -2.16. The van der Waals surface area contributed by atoms with Crippen LogP contribution in [-0.4, -0.2) is 43.2 Å². The molecule has 2 saturated heterocycles. The number of nitrogens with zero attached hydrogens (tertiary/aromatic N) is 2. The molecule has 0 radical (unpaired) electrons. The molecule has 92 valence electrons. The van der Waals surface area contributed by atoms with Crippen LogP contribution in [0.5, 0.6) is 5.88 Å². The number of likely N-dealkylation sites (tertiary alicyclic amines) is 1. The number of hydrogen-bond acceptors (Lipinski definition) is 4. The molecule has 0 aliphatic carbocycles. The molecule has 2 fully saturated rings. The fourth-order valence-corrected chi connectivity index (χ4v) is 2.97. The fourth-order valence-electron chi connectivity index (χ4n) is 2.97. The fraction of sp³-hybridized carbons (Fsp3) is 0.615. The smallest absolute Gasteiger partial charge is 0.212 e. The summed E-state index contributed by atoms with van der Waals surface area (Å²) in [4.78, 5) is 6.79. The highest BCUT2D eigenvalue weighted by atomic mass is 16.5. The summed E-state index contributed by atoms with van der Waals surface area (Å²) in [5.74, 6) is 2.42. The van der Waals surface area contributed by atoms with E-state index in [9.17, 15) is 0 Å². The molecule has 17 heavy (non-hydrogen) atoms. The van der Waals surface area contributed by atoms with E-state index in [-0.39, 0.29) is 0 Å². The molecule has 0 unspecified atom stereocenters. The predicted octanol–water partition coefficient (Wildman–Crippen LogP) is 0.741. The number of fused-ring (bicyclic) bond motifs is 1. The van der Waals surface area contributed by atoms with E-state index in [0.29, 0.717) is 5.88 Å². The lowest BCUT2D eigenvalue weighted by molar-refractivity contribution is 0.305. The summed E-state index contributed by atoms with van der Waals surface area (Å²) in [7, 11) is 1.65. The van der Waals surface area contributed by atoms with Gasteiger partial charge in [0.2, 0.25) is 5.88 Å². The van der Waals surface area contributed by atoms with E-state index in [1.54, 1.807) is 7.11 Å². The summed E-state index contributed by atoms with van der Waals surface area (Å²) in [6, 6.07) is 4.05. The maximum Gasteiger partial charge on any atom is 0.212 e. The van der Waals surface area contributed by atoms with Crippen molar-refractivity contribution >= 4 is 0 Å². The van der Waals surface area contributed by atoms with Crippen molar-refractivity contribution in [1.82, 2.24) is 15.2 Å². The van der Waals surface area contributed by atoms with Gasteiger partial charge in [-0.1, -0.05) is 6.07 Å². The number of hydrogen-bond donors (Lipinski definition) is 1. The van der Waals surface area contributed by atoms with E-state index in [1.807, 2.05) is 12.3 Å². The van der Waals surface area contributed by atoms with Crippen LogP contribution in [0.15, 0.2) is 18.3 Å². The lowest BCUT2D eigenvalue weighted by Crippen LogP contribution is -2.25. The molecule has 4 nitrogen and oxygen atoms in total. The highest BCUT2D eigenvalue weighted by Crippen LogP contribution is 2.27. The molecule has 0 aromatic carbocycles. The molecule has 0 amide bonds. The predicted molar refractivity (Wildman–Crippen MR) is 65.9 cm³/mol. The second kappa shape index (κ2) is 4.63. The van der Waals surface area contributed by atoms with Gasteiger partial charge >= 0.3 is 0 Å². The molecule has 3 heterocycles. The number of nitrogens with one attached hydrogen (secondary N) is 1. The Morgan fingerprint density at radius 2 is 2.12 bits per heavy atom. The third-order valence-electron chi connectivity index (χ3n) is 3.88. The largest absolute Gasteiger partial charge is 0.481 e. The van der Waals surface area contributed by atoms with Crippen LogP contribution in [0.25, 0.3) is 0 Å². The third-order valence-corrected chi connectivity index (χ3v) is 3.88. The topological polar surface area (TPSA) is 37.4 Å². The summed E-state index contributed by atoms with van der Waals surface area (Å²) in [6.07, 6.45) is 1.92. The first kappa shape index (κ1) is 11.0. The number of pyridine rings is 1. The van der Waals surface area contributed by atoms with Gasteiger partial charge in [0.1, 0.15) is 0 Å². The van der Waals surface area contributed by atoms with Gasteiger partial charge in [-0.15, -0.1) is 0 Å². The van der Waals surface area contributed by atoms with E-state index in [1.165, 1.54) is 31.7 Å². The molecule has 1 aromatic heterocycles. The molecule has 2 aliphatic heterocycles. The molecule has 2 atom stereocenters. The number of methoxy groups -OCH3 is 1. The first-order valence-electron chi connectivity index (χ1n) is 6.27. The zero-order valence-electron chi connectivity index (χ0n) is 10.2. The van der Waals surface area contributed by atoms with Crippen LogP contribution in [-0.2, 0) is 6.54 Å². The second-order valence-electron chi connectivity index (χ2n) is 5.08. The van der Waals surface area contributed by atoms with Gasteiger partial charge in [0.15, 0.2) is 0 Å². The summed E-state index contributed by atoms with van der Waals surface area (Å²) in [6.45, 7) is 5.86. The molecule has 2 aliphatic rings. The van der Waals surface area contributed by atoms with E-state index in [0.717, 1.165) is 18.4 Å².